The molecule has 0 aromatic carbocycles. The Kier molecular flexibility index (Phi) is 5.97. The second-order valence-corrected chi connectivity index (χ2v) is 6.64. The van der Waals surface area contributed by atoms with E-state index in [1.807, 2.05) is 0 Å². The molecule has 2 nitrogen and oxygen atoms in total. The highest BCUT2D eigenvalue weighted by Gasteiger charge is 2.21. The number of rotatable bonds is 5. The van der Waals surface area contributed by atoms with Crippen molar-refractivity contribution in [1.82, 2.24) is 10.2 Å². The van der Waals surface area contributed by atoms with E-state index in [0.29, 0.717) is 0 Å². The van der Waals surface area contributed by atoms with Gasteiger partial charge in [0.05, 0.1) is 0 Å². The molecule has 1 N–H and O–H groups in total. The van der Waals surface area contributed by atoms with Gasteiger partial charge in [-0.1, -0.05) is 32.6 Å². The van der Waals surface area contributed by atoms with Crippen molar-refractivity contribution >= 4 is 0 Å². The van der Waals surface area contributed by atoms with E-state index < -0.39 is 0 Å². The summed E-state index contributed by atoms with van der Waals surface area (Å²) in [4.78, 5) is 2.56. The molecule has 106 valence electrons. The molecule has 0 spiro atoms. The first-order valence-electron chi connectivity index (χ1n) is 8.18. The highest BCUT2D eigenvalue weighted by Crippen LogP contribution is 2.28. The molecule has 0 bridgehead atoms. The summed E-state index contributed by atoms with van der Waals surface area (Å²) in [5, 5.41) is 3.73. The molecule has 1 heterocycles. The maximum atomic E-state index is 3.73. The number of hydrogen-bond acceptors (Lipinski definition) is 2. The molecular formula is C16H32N2. The second-order valence-electron chi connectivity index (χ2n) is 6.64. The molecular weight excluding hydrogens is 220 g/mol. The molecule has 2 aliphatic rings. The predicted octanol–water partition coefficient (Wildman–Crippen LogP) is 3.28. The van der Waals surface area contributed by atoms with Crippen molar-refractivity contribution in [1.29, 1.82) is 0 Å². The van der Waals surface area contributed by atoms with E-state index in [0.717, 1.165) is 17.9 Å². The van der Waals surface area contributed by atoms with Gasteiger partial charge in [0.15, 0.2) is 0 Å². The van der Waals surface area contributed by atoms with Crippen molar-refractivity contribution in [2.75, 3.05) is 26.7 Å². The van der Waals surface area contributed by atoms with E-state index in [1.54, 1.807) is 0 Å². The second kappa shape index (κ2) is 7.49. The van der Waals surface area contributed by atoms with Gasteiger partial charge in [0.1, 0.15) is 0 Å². The van der Waals surface area contributed by atoms with E-state index in [9.17, 15) is 0 Å². The molecule has 0 aromatic rings. The molecule has 0 aromatic heterocycles. The molecule has 3 atom stereocenters. The fraction of sp³-hybridized carbons (Fsp3) is 1.00. The van der Waals surface area contributed by atoms with Crippen LogP contribution in [0.4, 0.5) is 0 Å². The summed E-state index contributed by atoms with van der Waals surface area (Å²) >= 11 is 0. The summed E-state index contributed by atoms with van der Waals surface area (Å²) in [5.41, 5.74) is 0. The Hall–Kier alpha value is -0.0800. The number of nitrogens with zero attached hydrogens (tertiary/aromatic N) is 1. The minimum Gasteiger partial charge on any atom is -0.316 e. The first-order chi connectivity index (χ1) is 8.77. The zero-order valence-electron chi connectivity index (χ0n) is 12.5. The lowest BCUT2D eigenvalue weighted by atomic mass is 9.80. The van der Waals surface area contributed by atoms with Crippen LogP contribution < -0.4 is 5.32 Å². The molecule has 2 heteroatoms. The third-order valence-corrected chi connectivity index (χ3v) is 5.27. The fourth-order valence-corrected chi connectivity index (χ4v) is 3.76. The highest BCUT2D eigenvalue weighted by atomic mass is 15.1. The maximum Gasteiger partial charge on any atom is 0.0104 e. The summed E-state index contributed by atoms with van der Waals surface area (Å²) in [6.45, 7) is 6.24. The van der Waals surface area contributed by atoms with Crippen molar-refractivity contribution in [2.45, 2.75) is 64.3 Å². The van der Waals surface area contributed by atoms with Gasteiger partial charge in [-0.05, 0) is 64.2 Å². The number of likely N-dealkylation sites (tertiary alicyclic amines) is 1. The molecule has 1 aliphatic carbocycles. The van der Waals surface area contributed by atoms with Crippen LogP contribution in [0.1, 0.15) is 58.3 Å². The maximum absolute atomic E-state index is 3.73. The summed E-state index contributed by atoms with van der Waals surface area (Å²) in [6.07, 6.45) is 11.4. The lowest BCUT2D eigenvalue weighted by molar-refractivity contribution is 0.173. The Bertz CT molecular complexity index is 205. The minimum atomic E-state index is 0.843. The molecule has 0 radical (unpaired) electrons. The average Bonchev–Trinajstić information content (AvgIpc) is 2.38. The molecule has 1 saturated carbocycles. The Morgan fingerprint density at radius 2 is 1.83 bits per heavy atom. The Labute approximate surface area is 114 Å². The molecule has 3 unspecified atom stereocenters. The molecule has 18 heavy (non-hydrogen) atoms. The number of piperidine rings is 1. The zero-order valence-corrected chi connectivity index (χ0v) is 12.5. The predicted molar refractivity (Wildman–Crippen MR) is 78.9 cm³/mol. The molecule has 1 saturated heterocycles. The van der Waals surface area contributed by atoms with Gasteiger partial charge >= 0.3 is 0 Å². The van der Waals surface area contributed by atoms with Crippen LogP contribution in [0.15, 0.2) is 0 Å². The van der Waals surface area contributed by atoms with Crippen LogP contribution in [0, 0.1) is 11.8 Å². The Morgan fingerprint density at radius 1 is 1.06 bits per heavy atom. The van der Waals surface area contributed by atoms with E-state index >= 15 is 0 Å². The lowest BCUT2D eigenvalue weighted by Crippen LogP contribution is -2.39. The van der Waals surface area contributed by atoms with Gasteiger partial charge in [0, 0.05) is 6.04 Å². The molecule has 1 aliphatic heterocycles. The van der Waals surface area contributed by atoms with Gasteiger partial charge in [0.2, 0.25) is 0 Å². The van der Waals surface area contributed by atoms with Gasteiger partial charge in [-0.2, -0.15) is 0 Å². The Balaban J connectivity index is 1.57. The monoisotopic (exact) mass is 252 g/mol. The molecule has 0 amide bonds. The van der Waals surface area contributed by atoms with Gasteiger partial charge in [-0.25, -0.2) is 0 Å². The van der Waals surface area contributed by atoms with Gasteiger partial charge in [-0.3, -0.25) is 0 Å². The van der Waals surface area contributed by atoms with E-state index in [4.69, 9.17) is 0 Å². The summed E-state index contributed by atoms with van der Waals surface area (Å²) in [7, 11) is 2.30. The normalized spacial score (nSPS) is 34.7. The van der Waals surface area contributed by atoms with Crippen molar-refractivity contribution in [3.8, 4) is 0 Å². The van der Waals surface area contributed by atoms with Crippen LogP contribution in [-0.4, -0.2) is 37.6 Å². The minimum absolute atomic E-state index is 0.843. The van der Waals surface area contributed by atoms with Crippen molar-refractivity contribution in [2.24, 2.45) is 11.8 Å². The van der Waals surface area contributed by atoms with E-state index in [1.165, 1.54) is 71.0 Å². The van der Waals surface area contributed by atoms with Crippen LogP contribution in [0.3, 0.4) is 0 Å². The quantitative estimate of drug-likeness (QED) is 0.755. The average molecular weight is 252 g/mol. The SMILES string of the molecule is CC1CCCCC1CNCCC1CCCCN1C. The summed E-state index contributed by atoms with van der Waals surface area (Å²) < 4.78 is 0. The van der Waals surface area contributed by atoms with E-state index in [-0.39, 0.29) is 0 Å². The third-order valence-electron chi connectivity index (χ3n) is 5.27. The number of hydrogen-bond donors (Lipinski definition) is 1. The fourth-order valence-electron chi connectivity index (χ4n) is 3.76. The standard InChI is InChI=1S/C16H32N2/c1-14-7-3-4-8-15(14)13-17-11-10-16-9-5-6-12-18(16)2/h14-17H,3-13H2,1-2H3. The lowest BCUT2D eigenvalue weighted by Gasteiger charge is -2.33. The van der Waals surface area contributed by atoms with Crippen LogP contribution in [0.25, 0.3) is 0 Å². The van der Waals surface area contributed by atoms with Crippen LogP contribution >= 0.6 is 0 Å². The highest BCUT2D eigenvalue weighted by molar-refractivity contribution is 4.77. The largest absolute Gasteiger partial charge is 0.316 e. The van der Waals surface area contributed by atoms with Gasteiger partial charge < -0.3 is 10.2 Å². The van der Waals surface area contributed by atoms with Crippen molar-refractivity contribution in [3.05, 3.63) is 0 Å². The van der Waals surface area contributed by atoms with Crippen LogP contribution in [-0.2, 0) is 0 Å². The first kappa shape index (κ1) is 14.3. The smallest absolute Gasteiger partial charge is 0.0104 e. The molecule has 2 rings (SSSR count). The van der Waals surface area contributed by atoms with Crippen molar-refractivity contribution < 1.29 is 0 Å². The zero-order chi connectivity index (χ0) is 12.8. The van der Waals surface area contributed by atoms with Crippen LogP contribution in [0.5, 0.6) is 0 Å². The van der Waals surface area contributed by atoms with Crippen molar-refractivity contribution in [3.63, 3.8) is 0 Å². The topological polar surface area (TPSA) is 15.3 Å². The first-order valence-corrected chi connectivity index (χ1v) is 8.18. The van der Waals surface area contributed by atoms with Gasteiger partial charge in [0.25, 0.3) is 0 Å². The Morgan fingerprint density at radius 3 is 2.61 bits per heavy atom. The summed E-state index contributed by atoms with van der Waals surface area (Å²) in [6, 6.07) is 0.843. The van der Waals surface area contributed by atoms with Crippen LogP contribution in [0.2, 0.25) is 0 Å². The van der Waals surface area contributed by atoms with E-state index in [2.05, 4.69) is 24.2 Å². The molecule has 2 fully saturated rings. The third kappa shape index (κ3) is 4.24. The summed E-state index contributed by atoms with van der Waals surface area (Å²) in [5.74, 6) is 1.89. The van der Waals surface area contributed by atoms with Gasteiger partial charge in [-0.15, -0.1) is 0 Å². The number of nitrogens with one attached hydrogen (secondary N) is 1.